The van der Waals surface area contributed by atoms with Gasteiger partial charge >= 0.3 is 5.97 Å². The van der Waals surface area contributed by atoms with Crippen LogP contribution in [0.3, 0.4) is 0 Å². The van der Waals surface area contributed by atoms with Crippen LogP contribution in [0.15, 0.2) is 53.7 Å². The molecule has 26 heavy (non-hydrogen) atoms. The summed E-state index contributed by atoms with van der Waals surface area (Å²) in [7, 11) is 3.46. The van der Waals surface area contributed by atoms with Gasteiger partial charge in [-0.2, -0.15) is 0 Å². The predicted octanol–water partition coefficient (Wildman–Crippen LogP) is 4.48. The third-order valence-corrected chi connectivity index (χ3v) is 6.07. The van der Waals surface area contributed by atoms with Crippen molar-refractivity contribution in [3.63, 3.8) is 0 Å². The minimum Gasteiger partial charge on any atom is -0.466 e. The van der Waals surface area contributed by atoms with Crippen molar-refractivity contribution in [1.29, 1.82) is 0 Å². The molecule has 0 fully saturated rings. The van der Waals surface area contributed by atoms with Crippen LogP contribution in [0.1, 0.15) is 31.4 Å². The first-order chi connectivity index (χ1) is 12.6. The molecule has 2 aromatic rings. The van der Waals surface area contributed by atoms with Crippen molar-refractivity contribution in [3.8, 4) is 0 Å². The van der Waals surface area contributed by atoms with Crippen LogP contribution in [-0.2, 0) is 21.7 Å². The van der Waals surface area contributed by atoms with E-state index >= 15 is 0 Å². The first-order valence-corrected chi connectivity index (χ1v) is 11.1. The van der Waals surface area contributed by atoms with E-state index in [0.717, 1.165) is 17.2 Å². The number of hydrogen-bond donors (Lipinski definition) is 1. The Labute approximate surface area is 163 Å². The molecular formula is C20H26N2O2S2. The Kier molecular flexibility index (Phi) is 9.01. The molecule has 4 nitrogen and oxygen atoms in total. The van der Waals surface area contributed by atoms with Crippen LogP contribution in [0.4, 0.5) is 0 Å². The van der Waals surface area contributed by atoms with Crippen molar-refractivity contribution >= 4 is 27.6 Å². The van der Waals surface area contributed by atoms with Gasteiger partial charge in [0.2, 0.25) is 0 Å². The molecule has 0 saturated carbocycles. The Morgan fingerprint density at radius 1 is 1.19 bits per heavy atom. The quantitative estimate of drug-likeness (QED) is 0.477. The van der Waals surface area contributed by atoms with E-state index in [4.69, 9.17) is 10.5 Å². The molecule has 1 aromatic heterocycles. The van der Waals surface area contributed by atoms with Gasteiger partial charge < -0.3 is 10.5 Å². The fraction of sp³-hybridized carbons (Fsp3) is 0.400. The van der Waals surface area contributed by atoms with Crippen molar-refractivity contribution in [2.24, 2.45) is 11.7 Å². The molecule has 1 aromatic carbocycles. The molecule has 0 radical (unpaired) electrons. The van der Waals surface area contributed by atoms with E-state index in [1.54, 1.807) is 21.6 Å². The largest absolute Gasteiger partial charge is 0.466 e. The van der Waals surface area contributed by atoms with E-state index in [9.17, 15) is 4.79 Å². The van der Waals surface area contributed by atoms with Crippen LogP contribution < -0.4 is 5.73 Å². The SMILES string of the molecule is CCOC(=O)[C@@H](C)C[C@@H](N)Cc1ccc(CSSc2ccccn2)cc1. The number of carbonyl (C=O) groups excluding carboxylic acids is 1. The van der Waals surface area contributed by atoms with Crippen molar-refractivity contribution < 1.29 is 9.53 Å². The normalized spacial score (nSPS) is 13.2. The second kappa shape index (κ2) is 11.3. The summed E-state index contributed by atoms with van der Waals surface area (Å²) in [5.74, 6) is 0.595. The monoisotopic (exact) mass is 390 g/mol. The second-order valence-electron chi connectivity index (χ2n) is 6.18. The third-order valence-electron chi connectivity index (χ3n) is 3.87. The van der Waals surface area contributed by atoms with Crippen LogP contribution in [0, 0.1) is 5.92 Å². The maximum Gasteiger partial charge on any atom is 0.308 e. The van der Waals surface area contributed by atoms with Gasteiger partial charge in [0.1, 0.15) is 5.03 Å². The molecule has 2 rings (SSSR count). The number of benzene rings is 1. The molecule has 2 atom stereocenters. The minimum absolute atomic E-state index is 0.0469. The molecule has 6 heteroatoms. The molecule has 0 spiro atoms. The Morgan fingerprint density at radius 2 is 1.92 bits per heavy atom. The zero-order valence-electron chi connectivity index (χ0n) is 15.3. The molecule has 1 heterocycles. The Bertz CT molecular complexity index is 665. The fourth-order valence-electron chi connectivity index (χ4n) is 2.55. The summed E-state index contributed by atoms with van der Waals surface area (Å²) in [6.45, 7) is 4.10. The second-order valence-corrected chi connectivity index (χ2v) is 8.50. The summed E-state index contributed by atoms with van der Waals surface area (Å²) < 4.78 is 5.04. The molecule has 0 bridgehead atoms. The first-order valence-electron chi connectivity index (χ1n) is 8.79. The summed E-state index contributed by atoms with van der Waals surface area (Å²) in [5.41, 5.74) is 8.67. The van der Waals surface area contributed by atoms with E-state index < -0.39 is 0 Å². The van der Waals surface area contributed by atoms with Crippen molar-refractivity contribution in [2.45, 2.75) is 43.5 Å². The molecule has 0 aliphatic carbocycles. The summed E-state index contributed by atoms with van der Waals surface area (Å²) in [5, 5.41) is 1.02. The maximum absolute atomic E-state index is 11.7. The lowest BCUT2D eigenvalue weighted by molar-refractivity contribution is -0.147. The summed E-state index contributed by atoms with van der Waals surface area (Å²) in [4.78, 5) is 16.0. The Morgan fingerprint density at radius 3 is 2.58 bits per heavy atom. The van der Waals surface area contributed by atoms with Crippen LogP contribution in [0.5, 0.6) is 0 Å². The van der Waals surface area contributed by atoms with E-state index in [1.165, 1.54) is 11.1 Å². The number of ether oxygens (including phenoxy) is 1. The lowest BCUT2D eigenvalue weighted by Gasteiger charge is -2.16. The van der Waals surface area contributed by atoms with Gasteiger partial charge in [0, 0.05) is 18.0 Å². The van der Waals surface area contributed by atoms with Gasteiger partial charge in [-0.3, -0.25) is 4.79 Å². The zero-order valence-corrected chi connectivity index (χ0v) is 16.9. The van der Waals surface area contributed by atoms with Crippen molar-refractivity contribution in [3.05, 3.63) is 59.8 Å². The van der Waals surface area contributed by atoms with Gasteiger partial charge in [-0.1, -0.05) is 48.0 Å². The zero-order chi connectivity index (χ0) is 18.8. The van der Waals surface area contributed by atoms with E-state index in [-0.39, 0.29) is 17.9 Å². The molecule has 0 saturated heterocycles. The first kappa shape index (κ1) is 20.8. The maximum atomic E-state index is 11.7. The van der Waals surface area contributed by atoms with Gasteiger partial charge in [0.25, 0.3) is 0 Å². The van der Waals surface area contributed by atoms with E-state index in [0.29, 0.717) is 13.0 Å². The topological polar surface area (TPSA) is 65.2 Å². The highest BCUT2D eigenvalue weighted by Crippen LogP contribution is 2.32. The average molecular weight is 391 g/mol. The highest BCUT2D eigenvalue weighted by atomic mass is 33.1. The highest BCUT2D eigenvalue weighted by Gasteiger charge is 2.17. The van der Waals surface area contributed by atoms with E-state index in [1.807, 2.05) is 38.2 Å². The van der Waals surface area contributed by atoms with Gasteiger partial charge in [0.05, 0.1) is 12.5 Å². The summed E-state index contributed by atoms with van der Waals surface area (Å²) in [6, 6.07) is 14.4. The number of hydrogen-bond acceptors (Lipinski definition) is 6. The lowest BCUT2D eigenvalue weighted by atomic mass is 9.96. The standard InChI is InChI=1S/C20H26N2O2S2/c1-3-24-20(23)15(2)12-18(21)13-16-7-9-17(10-8-16)14-25-26-19-6-4-5-11-22-19/h4-11,15,18H,3,12-14,21H2,1-2H3/t15-,18+/m0/s1. The number of aromatic nitrogens is 1. The van der Waals surface area contributed by atoms with Crippen molar-refractivity contribution in [2.75, 3.05) is 6.61 Å². The number of nitrogens with two attached hydrogens (primary N) is 1. The van der Waals surface area contributed by atoms with Gasteiger partial charge in [-0.15, -0.1) is 0 Å². The van der Waals surface area contributed by atoms with Crippen LogP contribution in [0.25, 0.3) is 0 Å². The summed E-state index contributed by atoms with van der Waals surface area (Å²) in [6.07, 6.45) is 3.21. The van der Waals surface area contributed by atoms with Crippen LogP contribution >= 0.6 is 21.6 Å². The van der Waals surface area contributed by atoms with Crippen molar-refractivity contribution in [1.82, 2.24) is 4.98 Å². The fourth-order valence-corrected chi connectivity index (χ4v) is 4.54. The highest BCUT2D eigenvalue weighted by molar-refractivity contribution is 8.76. The number of nitrogens with zero attached hydrogens (tertiary/aromatic N) is 1. The molecule has 0 aliphatic rings. The molecule has 140 valence electrons. The smallest absolute Gasteiger partial charge is 0.308 e. The van der Waals surface area contributed by atoms with Crippen LogP contribution in [0.2, 0.25) is 0 Å². The van der Waals surface area contributed by atoms with Crippen LogP contribution in [-0.4, -0.2) is 23.6 Å². The van der Waals surface area contributed by atoms with Gasteiger partial charge in [-0.05, 0) is 53.8 Å². The Balaban J connectivity index is 1.75. The number of pyridine rings is 1. The number of carbonyl (C=O) groups is 1. The minimum atomic E-state index is -0.166. The average Bonchev–Trinajstić information content (AvgIpc) is 2.64. The Hall–Kier alpha value is -1.50. The summed E-state index contributed by atoms with van der Waals surface area (Å²) >= 11 is 0. The number of esters is 1. The van der Waals surface area contributed by atoms with Gasteiger partial charge in [-0.25, -0.2) is 4.98 Å². The predicted molar refractivity (Wildman–Crippen MR) is 110 cm³/mol. The van der Waals surface area contributed by atoms with Gasteiger partial charge in [0.15, 0.2) is 0 Å². The molecule has 0 amide bonds. The third kappa shape index (κ3) is 7.40. The molecule has 0 unspecified atom stereocenters. The molecular weight excluding hydrogens is 364 g/mol. The van der Waals surface area contributed by atoms with E-state index in [2.05, 4.69) is 29.2 Å². The molecule has 0 aliphatic heterocycles. The number of rotatable bonds is 10. The molecule has 2 N–H and O–H groups in total. The lowest BCUT2D eigenvalue weighted by Crippen LogP contribution is -2.29.